The van der Waals surface area contributed by atoms with Crippen molar-refractivity contribution in [3.8, 4) is 5.75 Å². The molecule has 0 saturated heterocycles. The Morgan fingerprint density at radius 2 is 1.42 bits per heavy atom. The van der Waals surface area contributed by atoms with Crippen LogP contribution in [0.1, 0.15) is 36.8 Å². The third-order valence-electron chi connectivity index (χ3n) is 8.11. The predicted molar refractivity (Wildman–Crippen MR) is 175 cm³/mol. The lowest BCUT2D eigenvalue weighted by Gasteiger charge is -2.34. The highest BCUT2D eigenvalue weighted by molar-refractivity contribution is 7.92. The number of hydrogen-bond acceptors (Lipinski definition) is 5. The van der Waals surface area contributed by atoms with E-state index in [1.165, 1.54) is 17.0 Å². The van der Waals surface area contributed by atoms with Crippen LogP contribution >= 0.6 is 0 Å². The van der Waals surface area contributed by atoms with Gasteiger partial charge in [0.1, 0.15) is 18.3 Å². The lowest BCUT2D eigenvalue weighted by molar-refractivity contribution is -0.140. The molecule has 4 aromatic rings. The van der Waals surface area contributed by atoms with Crippen LogP contribution in [0, 0.1) is 0 Å². The molecule has 0 spiro atoms. The van der Waals surface area contributed by atoms with Gasteiger partial charge >= 0.3 is 0 Å². The molecule has 0 heterocycles. The minimum atomic E-state index is -4.12. The maximum Gasteiger partial charge on any atom is 0.264 e. The van der Waals surface area contributed by atoms with Crippen molar-refractivity contribution in [2.24, 2.45) is 0 Å². The standard InChI is InChI=1S/C36H39N3O5S/c1-44-32-21-13-16-29(24-32)26-38(34(25-28-14-5-2-6-15-28)36(41)37-30-17-11-12-18-30)35(40)27-39(31-19-7-3-8-20-31)45(42,43)33-22-9-4-10-23-33/h2-10,13-16,19-24,30,34H,11-12,17-18,25-27H2,1H3,(H,37,41). The molecular weight excluding hydrogens is 586 g/mol. The van der Waals surface area contributed by atoms with Gasteiger partial charge in [0.2, 0.25) is 11.8 Å². The summed E-state index contributed by atoms with van der Waals surface area (Å²) >= 11 is 0. The number of nitrogens with zero attached hydrogens (tertiary/aromatic N) is 2. The zero-order valence-electron chi connectivity index (χ0n) is 25.4. The van der Waals surface area contributed by atoms with E-state index in [1.54, 1.807) is 55.6 Å². The molecule has 0 aliphatic heterocycles. The predicted octanol–water partition coefficient (Wildman–Crippen LogP) is 5.59. The molecule has 8 nitrogen and oxygen atoms in total. The number of methoxy groups -OCH3 is 1. The van der Waals surface area contributed by atoms with Crippen molar-refractivity contribution in [2.75, 3.05) is 18.0 Å². The molecule has 234 valence electrons. The lowest BCUT2D eigenvalue weighted by Crippen LogP contribution is -2.54. The fraction of sp³-hybridized carbons (Fsp3) is 0.278. The third-order valence-corrected chi connectivity index (χ3v) is 9.90. The topological polar surface area (TPSA) is 96.0 Å². The van der Waals surface area contributed by atoms with Crippen molar-refractivity contribution >= 4 is 27.5 Å². The van der Waals surface area contributed by atoms with Gasteiger partial charge in [-0.2, -0.15) is 0 Å². The van der Waals surface area contributed by atoms with Crippen molar-refractivity contribution in [3.05, 3.63) is 126 Å². The molecule has 45 heavy (non-hydrogen) atoms. The first-order chi connectivity index (χ1) is 21.8. The van der Waals surface area contributed by atoms with E-state index in [9.17, 15) is 18.0 Å². The first kappa shape index (κ1) is 31.8. The van der Waals surface area contributed by atoms with Crippen molar-refractivity contribution in [2.45, 2.75) is 55.6 Å². The Balaban J connectivity index is 1.55. The highest BCUT2D eigenvalue weighted by Crippen LogP contribution is 2.26. The number of ether oxygens (including phenoxy) is 1. The molecule has 0 bridgehead atoms. The second-order valence-corrected chi connectivity index (χ2v) is 13.1. The van der Waals surface area contributed by atoms with Crippen molar-refractivity contribution in [1.29, 1.82) is 0 Å². The average Bonchev–Trinajstić information content (AvgIpc) is 3.59. The van der Waals surface area contributed by atoms with Crippen molar-refractivity contribution < 1.29 is 22.7 Å². The molecule has 0 radical (unpaired) electrons. The fourth-order valence-electron chi connectivity index (χ4n) is 5.73. The summed E-state index contributed by atoms with van der Waals surface area (Å²) in [5.74, 6) is -0.129. The van der Waals surface area contributed by atoms with Gasteiger partial charge in [-0.25, -0.2) is 8.42 Å². The normalized spacial score (nSPS) is 14.0. The highest BCUT2D eigenvalue weighted by Gasteiger charge is 2.35. The van der Waals surface area contributed by atoms with E-state index in [-0.39, 0.29) is 29.8 Å². The zero-order valence-corrected chi connectivity index (χ0v) is 26.2. The van der Waals surface area contributed by atoms with Crippen LogP contribution in [0.25, 0.3) is 0 Å². The Morgan fingerprint density at radius 3 is 2.07 bits per heavy atom. The monoisotopic (exact) mass is 625 g/mol. The van der Waals surface area contributed by atoms with Crippen LogP contribution in [0.5, 0.6) is 5.75 Å². The number of sulfonamides is 1. The molecule has 5 rings (SSSR count). The van der Waals surface area contributed by atoms with Crippen LogP contribution in [0.4, 0.5) is 5.69 Å². The number of benzene rings is 4. The Morgan fingerprint density at radius 1 is 0.822 bits per heavy atom. The van der Waals surface area contributed by atoms with Gasteiger partial charge in [0.05, 0.1) is 17.7 Å². The van der Waals surface area contributed by atoms with Crippen LogP contribution in [-0.2, 0) is 32.6 Å². The number of para-hydroxylation sites is 1. The van der Waals surface area contributed by atoms with Gasteiger partial charge in [-0.05, 0) is 60.4 Å². The first-order valence-corrected chi connectivity index (χ1v) is 16.7. The molecule has 2 amide bonds. The number of anilines is 1. The maximum absolute atomic E-state index is 14.5. The number of nitrogens with one attached hydrogen (secondary N) is 1. The molecule has 1 aliphatic carbocycles. The van der Waals surface area contributed by atoms with Crippen LogP contribution in [0.15, 0.2) is 120 Å². The molecule has 0 aromatic heterocycles. The van der Waals surface area contributed by atoms with Gasteiger partial charge in [-0.3, -0.25) is 13.9 Å². The number of amides is 2. The molecule has 1 fully saturated rings. The van der Waals surface area contributed by atoms with E-state index in [1.807, 2.05) is 54.6 Å². The quantitative estimate of drug-likeness (QED) is 0.209. The van der Waals surface area contributed by atoms with Gasteiger partial charge in [0.25, 0.3) is 10.0 Å². The number of hydrogen-bond donors (Lipinski definition) is 1. The molecule has 1 N–H and O–H groups in total. The van der Waals surface area contributed by atoms with E-state index < -0.39 is 28.5 Å². The van der Waals surface area contributed by atoms with E-state index in [4.69, 9.17) is 4.74 Å². The summed E-state index contributed by atoms with van der Waals surface area (Å²) in [7, 11) is -2.55. The van der Waals surface area contributed by atoms with Gasteiger partial charge in [0.15, 0.2) is 0 Å². The summed E-state index contributed by atoms with van der Waals surface area (Å²) in [5, 5.41) is 3.19. The molecular formula is C36H39N3O5S. The first-order valence-electron chi connectivity index (χ1n) is 15.2. The Hall–Kier alpha value is -4.63. The van der Waals surface area contributed by atoms with Crippen molar-refractivity contribution in [1.82, 2.24) is 10.2 Å². The van der Waals surface area contributed by atoms with E-state index in [0.29, 0.717) is 11.4 Å². The van der Waals surface area contributed by atoms with E-state index in [2.05, 4.69) is 5.32 Å². The minimum Gasteiger partial charge on any atom is -0.497 e. The van der Waals surface area contributed by atoms with Crippen LogP contribution < -0.4 is 14.4 Å². The van der Waals surface area contributed by atoms with Gasteiger partial charge < -0.3 is 15.0 Å². The summed E-state index contributed by atoms with van der Waals surface area (Å²) in [6.45, 7) is -0.410. The average molecular weight is 626 g/mol. The summed E-state index contributed by atoms with van der Waals surface area (Å²) < 4.78 is 34.6. The van der Waals surface area contributed by atoms with Gasteiger partial charge in [-0.15, -0.1) is 0 Å². The fourth-order valence-corrected chi connectivity index (χ4v) is 7.17. The largest absolute Gasteiger partial charge is 0.497 e. The third kappa shape index (κ3) is 8.10. The van der Waals surface area contributed by atoms with Crippen LogP contribution in [0.3, 0.4) is 0 Å². The Labute approximate surface area is 265 Å². The number of carbonyl (C=O) groups excluding carboxylic acids is 2. The maximum atomic E-state index is 14.5. The number of rotatable bonds is 13. The highest BCUT2D eigenvalue weighted by atomic mass is 32.2. The second-order valence-electron chi connectivity index (χ2n) is 11.2. The second kappa shape index (κ2) is 14.9. The zero-order chi connectivity index (χ0) is 31.6. The Kier molecular flexibility index (Phi) is 10.5. The smallest absolute Gasteiger partial charge is 0.264 e. The molecule has 1 saturated carbocycles. The van der Waals surface area contributed by atoms with Crippen LogP contribution in [0.2, 0.25) is 0 Å². The molecule has 1 aliphatic rings. The van der Waals surface area contributed by atoms with Crippen molar-refractivity contribution in [3.63, 3.8) is 0 Å². The molecule has 9 heteroatoms. The lowest BCUT2D eigenvalue weighted by atomic mass is 10.0. The van der Waals surface area contributed by atoms with Gasteiger partial charge in [-0.1, -0.05) is 91.7 Å². The minimum absolute atomic E-state index is 0.0452. The SMILES string of the molecule is COc1cccc(CN(C(=O)CN(c2ccccc2)S(=O)(=O)c2ccccc2)C(Cc2ccccc2)C(=O)NC2CCCC2)c1. The molecule has 1 atom stereocenters. The van der Waals surface area contributed by atoms with Gasteiger partial charge in [0, 0.05) is 19.0 Å². The van der Waals surface area contributed by atoms with E-state index >= 15 is 0 Å². The summed E-state index contributed by atoms with van der Waals surface area (Å²) in [5.41, 5.74) is 2.00. The Bertz CT molecular complexity index is 1660. The molecule has 1 unspecified atom stereocenters. The molecule has 4 aromatic carbocycles. The summed E-state index contributed by atoms with van der Waals surface area (Å²) in [4.78, 5) is 30.2. The van der Waals surface area contributed by atoms with Crippen LogP contribution in [-0.4, -0.2) is 50.9 Å². The van der Waals surface area contributed by atoms with E-state index in [0.717, 1.165) is 41.1 Å². The summed E-state index contributed by atoms with van der Waals surface area (Å²) in [6.07, 6.45) is 4.15. The number of carbonyl (C=O) groups is 2. The summed E-state index contributed by atoms with van der Waals surface area (Å²) in [6, 6.07) is 32.7.